The maximum atomic E-state index is 13.3. The highest BCUT2D eigenvalue weighted by Crippen LogP contribution is 2.51. The number of aliphatic hydroxyl groups is 1. The van der Waals surface area contributed by atoms with Crippen LogP contribution in [0.5, 0.6) is 5.75 Å². The molecule has 2 aliphatic rings. The molecule has 1 amide bonds. The van der Waals surface area contributed by atoms with Crippen molar-refractivity contribution >= 4 is 17.7 Å². The Hall–Kier alpha value is -2.82. The first-order valence-electron chi connectivity index (χ1n) is 8.70. The van der Waals surface area contributed by atoms with Gasteiger partial charge in [-0.1, -0.05) is 24.3 Å². The summed E-state index contributed by atoms with van der Waals surface area (Å²) in [6.45, 7) is 0. The molecule has 4 rings (SSSR count). The molecule has 1 fully saturated rings. The van der Waals surface area contributed by atoms with Crippen molar-refractivity contribution in [2.24, 2.45) is 0 Å². The van der Waals surface area contributed by atoms with Gasteiger partial charge in [0.05, 0.1) is 29.5 Å². The van der Waals surface area contributed by atoms with Gasteiger partial charge in [-0.15, -0.1) is 11.8 Å². The molecule has 142 valence electrons. The van der Waals surface area contributed by atoms with E-state index in [1.807, 2.05) is 0 Å². The number of thioether (sulfide) groups is 1. The Balaban J connectivity index is 1.77. The molecule has 0 radical (unpaired) electrons. The number of allylic oxidation sites excluding steroid dienone is 1. The number of hydrogen-bond acceptors (Lipinski definition) is 5. The fourth-order valence-corrected chi connectivity index (χ4v) is 5.04. The second-order valence-corrected chi connectivity index (χ2v) is 7.67. The van der Waals surface area contributed by atoms with Crippen molar-refractivity contribution in [2.45, 2.75) is 18.1 Å². The Morgan fingerprint density at radius 3 is 2.54 bits per heavy atom. The molecule has 0 aliphatic carbocycles. The zero-order chi connectivity index (χ0) is 19.9. The van der Waals surface area contributed by atoms with Gasteiger partial charge in [0.2, 0.25) is 5.91 Å². The van der Waals surface area contributed by atoms with Gasteiger partial charge in [0, 0.05) is 17.9 Å². The maximum Gasteiger partial charge on any atom is 0.231 e. The zero-order valence-electron chi connectivity index (χ0n) is 15.1. The van der Waals surface area contributed by atoms with Gasteiger partial charge in [-0.25, -0.2) is 4.39 Å². The first-order chi connectivity index (χ1) is 13.5. The number of nitriles is 1. The first-order valence-corrected chi connectivity index (χ1v) is 9.69. The number of halogens is 1. The summed E-state index contributed by atoms with van der Waals surface area (Å²) in [6.07, 6.45) is 0.0387. The van der Waals surface area contributed by atoms with Gasteiger partial charge in [-0.05, 0) is 29.8 Å². The molecule has 2 unspecified atom stereocenters. The molecule has 0 bridgehead atoms. The van der Waals surface area contributed by atoms with Crippen molar-refractivity contribution in [3.63, 3.8) is 0 Å². The Bertz CT molecular complexity index is 998. The number of amides is 1. The molecule has 28 heavy (non-hydrogen) atoms. The van der Waals surface area contributed by atoms with Crippen molar-refractivity contribution in [2.75, 3.05) is 12.9 Å². The van der Waals surface area contributed by atoms with Crippen LogP contribution in [0.1, 0.15) is 23.5 Å². The lowest BCUT2D eigenvalue weighted by Gasteiger charge is -2.38. The summed E-state index contributed by atoms with van der Waals surface area (Å²) in [5.41, 5.74) is 0.153. The number of nitrogens with zero attached hydrogens (tertiary/aromatic N) is 2. The molecule has 1 saturated heterocycles. The summed E-state index contributed by atoms with van der Waals surface area (Å²) < 4.78 is 18.4. The summed E-state index contributed by atoms with van der Waals surface area (Å²) in [7, 11) is 1.55. The largest absolute Gasteiger partial charge is 0.497 e. The van der Waals surface area contributed by atoms with Gasteiger partial charge in [0.15, 0.2) is 5.72 Å². The lowest BCUT2D eigenvalue weighted by Crippen LogP contribution is -2.48. The molecule has 0 spiro atoms. The van der Waals surface area contributed by atoms with Crippen molar-refractivity contribution in [3.8, 4) is 11.8 Å². The minimum atomic E-state index is -1.53. The third-order valence-corrected chi connectivity index (χ3v) is 6.36. The Morgan fingerprint density at radius 1 is 1.25 bits per heavy atom. The SMILES string of the molecule is COc1ccc(C2(O)CSC3=C(C#N)C(c4ccc(F)cc4)CC(=O)N32)cc1. The van der Waals surface area contributed by atoms with Gasteiger partial charge >= 0.3 is 0 Å². The van der Waals surface area contributed by atoms with E-state index in [0.29, 0.717) is 27.5 Å². The number of rotatable bonds is 3. The van der Waals surface area contributed by atoms with E-state index >= 15 is 0 Å². The number of hydrogen-bond donors (Lipinski definition) is 1. The van der Waals surface area contributed by atoms with Crippen LogP contribution in [0.15, 0.2) is 59.1 Å². The molecular formula is C21H17FN2O3S. The Morgan fingerprint density at radius 2 is 1.93 bits per heavy atom. The van der Waals surface area contributed by atoms with E-state index in [0.717, 1.165) is 0 Å². The number of carbonyl (C=O) groups is 1. The summed E-state index contributed by atoms with van der Waals surface area (Å²) >= 11 is 1.28. The van der Waals surface area contributed by atoms with Crippen LogP contribution in [0, 0.1) is 17.1 Å². The van der Waals surface area contributed by atoms with E-state index in [2.05, 4.69) is 6.07 Å². The van der Waals surface area contributed by atoms with Crippen LogP contribution < -0.4 is 4.74 Å². The van der Waals surface area contributed by atoms with Gasteiger partial charge in [-0.2, -0.15) is 5.26 Å². The van der Waals surface area contributed by atoms with Crippen LogP contribution in [0.4, 0.5) is 4.39 Å². The minimum absolute atomic E-state index is 0.0387. The predicted molar refractivity (Wildman–Crippen MR) is 103 cm³/mol. The first kappa shape index (κ1) is 18.5. The van der Waals surface area contributed by atoms with Gasteiger partial charge in [0.1, 0.15) is 11.6 Å². The molecule has 5 nitrogen and oxygen atoms in total. The van der Waals surface area contributed by atoms with Crippen molar-refractivity contribution in [1.29, 1.82) is 5.26 Å². The molecule has 0 saturated carbocycles. The second kappa shape index (κ2) is 6.97. The monoisotopic (exact) mass is 396 g/mol. The second-order valence-electron chi connectivity index (χ2n) is 6.70. The summed E-state index contributed by atoms with van der Waals surface area (Å²) in [6, 6.07) is 14.9. The van der Waals surface area contributed by atoms with Gasteiger partial charge in [0.25, 0.3) is 0 Å². The standard InChI is InChI=1S/C21H17FN2O3S/c1-27-16-8-4-14(5-9-16)21(26)12-28-20-18(11-23)17(10-19(25)24(20)21)13-2-6-15(22)7-3-13/h2-9,17,26H,10,12H2,1H3. The molecule has 0 aromatic heterocycles. The molecule has 1 N–H and O–H groups in total. The van der Waals surface area contributed by atoms with E-state index in [4.69, 9.17) is 4.74 Å². The molecule has 2 aliphatic heterocycles. The highest BCUT2D eigenvalue weighted by atomic mass is 32.2. The smallest absolute Gasteiger partial charge is 0.231 e. The molecule has 2 aromatic carbocycles. The molecule has 2 aromatic rings. The van der Waals surface area contributed by atoms with Crippen LogP contribution in [-0.2, 0) is 10.5 Å². The zero-order valence-corrected chi connectivity index (χ0v) is 15.9. The third kappa shape index (κ3) is 2.86. The Kier molecular flexibility index (Phi) is 4.61. The van der Waals surface area contributed by atoms with Crippen molar-refractivity contribution in [1.82, 2.24) is 4.90 Å². The van der Waals surface area contributed by atoms with Crippen LogP contribution in [0.3, 0.4) is 0 Å². The van der Waals surface area contributed by atoms with Gasteiger partial charge < -0.3 is 9.84 Å². The summed E-state index contributed by atoms with van der Waals surface area (Å²) in [5.74, 6) is -0.223. The summed E-state index contributed by atoms with van der Waals surface area (Å²) in [4.78, 5) is 14.3. The van der Waals surface area contributed by atoms with E-state index in [1.165, 1.54) is 28.8 Å². The molecular weight excluding hydrogens is 379 g/mol. The minimum Gasteiger partial charge on any atom is -0.497 e. The molecule has 2 heterocycles. The van der Waals surface area contributed by atoms with E-state index in [1.54, 1.807) is 43.5 Å². The maximum absolute atomic E-state index is 13.3. The lowest BCUT2D eigenvalue weighted by atomic mass is 9.85. The quantitative estimate of drug-likeness (QED) is 0.860. The van der Waals surface area contributed by atoms with E-state index in [-0.39, 0.29) is 23.9 Å². The number of ether oxygens (including phenoxy) is 1. The third-order valence-electron chi connectivity index (χ3n) is 5.14. The average molecular weight is 396 g/mol. The highest BCUT2D eigenvalue weighted by Gasteiger charge is 2.51. The van der Waals surface area contributed by atoms with Gasteiger partial charge in [-0.3, -0.25) is 9.69 Å². The average Bonchev–Trinajstić information content (AvgIpc) is 3.08. The molecule has 2 atom stereocenters. The van der Waals surface area contributed by atoms with Crippen LogP contribution in [-0.4, -0.2) is 28.8 Å². The van der Waals surface area contributed by atoms with Crippen molar-refractivity contribution in [3.05, 3.63) is 76.1 Å². The number of benzene rings is 2. The predicted octanol–water partition coefficient (Wildman–Crippen LogP) is 3.48. The van der Waals surface area contributed by atoms with E-state index < -0.39 is 11.6 Å². The molecule has 7 heteroatoms. The fourth-order valence-electron chi connectivity index (χ4n) is 3.68. The topological polar surface area (TPSA) is 73.6 Å². The highest BCUT2D eigenvalue weighted by molar-refractivity contribution is 8.03. The number of carbonyl (C=O) groups excluding carboxylic acids is 1. The number of methoxy groups -OCH3 is 1. The number of fused-ring (bicyclic) bond motifs is 1. The lowest BCUT2D eigenvalue weighted by molar-refractivity contribution is -0.149. The normalized spacial score (nSPS) is 24.1. The Labute approximate surface area is 166 Å². The fraction of sp³-hybridized carbons (Fsp3) is 0.238. The van der Waals surface area contributed by atoms with Crippen LogP contribution in [0.25, 0.3) is 0 Å². The van der Waals surface area contributed by atoms with Crippen molar-refractivity contribution < 1.29 is 19.0 Å². The van der Waals surface area contributed by atoms with E-state index in [9.17, 15) is 19.6 Å². The summed E-state index contributed by atoms with van der Waals surface area (Å²) in [5, 5.41) is 21.6. The van der Waals surface area contributed by atoms with Crippen LogP contribution >= 0.6 is 11.8 Å². The van der Waals surface area contributed by atoms with Crippen LogP contribution in [0.2, 0.25) is 0 Å².